The van der Waals surface area contributed by atoms with E-state index in [1.54, 1.807) is 30.3 Å². The first-order valence-corrected chi connectivity index (χ1v) is 19.8. The second-order valence-corrected chi connectivity index (χ2v) is 16.5. The quantitative estimate of drug-likeness (QED) is 0.148. The van der Waals surface area contributed by atoms with Crippen molar-refractivity contribution in [3.8, 4) is 5.75 Å². The van der Waals surface area contributed by atoms with Crippen LogP contribution in [0.15, 0.2) is 109 Å². The van der Waals surface area contributed by atoms with Gasteiger partial charge < -0.3 is 5.11 Å². The van der Waals surface area contributed by atoms with Gasteiger partial charge in [0.25, 0.3) is 11.8 Å². The Labute approximate surface area is 333 Å². The first kappa shape index (κ1) is 36.6. The van der Waals surface area contributed by atoms with E-state index in [0.29, 0.717) is 34.7 Å². The molecule has 2 N–H and O–H groups in total. The number of imide groups is 2. The molecule has 3 aliphatic heterocycles. The summed E-state index contributed by atoms with van der Waals surface area (Å²) in [5.41, 5.74) is 4.72. The summed E-state index contributed by atoms with van der Waals surface area (Å²) in [5, 5.41) is 12.1. The Balaban J connectivity index is 1.11. The molecule has 4 fully saturated rings. The van der Waals surface area contributed by atoms with Gasteiger partial charge in [0.2, 0.25) is 11.8 Å². The van der Waals surface area contributed by atoms with Gasteiger partial charge in [-0.1, -0.05) is 83.4 Å². The van der Waals surface area contributed by atoms with Crippen molar-refractivity contribution in [3.63, 3.8) is 0 Å². The fourth-order valence-electron chi connectivity index (χ4n) is 10.3. The lowest BCUT2D eigenvalue weighted by atomic mass is 9.49. The van der Waals surface area contributed by atoms with Crippen LogP contribution in [0.1, 0.15) is 48.3 Å². The number of likely N-dealkylation sites (tertiary alicyclic amines) is 2. The SMILES string of the molecule is O=C1[C@@H]2C[C@@H]3C(=CC[C@@H]4C(=O)N(C5CCN(Cc6ccccc6)CC5)C(=O)[C@@H]43)[C@H](c3ccc(O)cc3Cl)[C@]2(c2ccc(Cl)cc2)C(=O)N1Nc1ccc(F)cc1. The van der Waals surface area contributed by atoms with E-state index in [2.05, 4.69) is 22.5 Å². The molecule has 0 unspecified atom stereocenters. The Morgan fingerprint density at radius 2 is 1.54 bits per heavy atom. The van der Waals surface area contributed by atoms with Crippen molar-refractivity contribution in [1.82, 2.24) is 14.8 Å². The summed E-state index contributed by atoms with van der Waals surface area (Å²) in [4.78, 5) is 63.1. The Kier molecular flexibility index (Phi) is 9.26. The van der Waals surface area contributed by atoms with E-state index in [9.17, 15) is 23.9 Å². The number of aromatic hydroxyl groups is 1. The number of anilines is 1. The number of fused-ring (bicyclic) bond motifs is 4. The molecule has 0 bridgehead atoms. The number of benzene rings is 4. The van der Waals surface area contributed by atoms with E-state index in [0.717, 1.165) is 30.2 Å². The van der Waals surface area contributed by atoms with Crippen LogP contribution in [0.5, 0.6) is 5.75 Å². The number of nitrogens with zero attached hydrogens (tertiary/aromatic N) is 3. The number of hydrazine groups is 1. The first-order chi connectivity index (χ1) is 27.1. The second kappa shape index (κ2) is 14.2. The maximum Gasteiger partial charge on any atom is 0.260 e. The number of allylic oxidation sites excluding steroid dienone is 2. The van der Waals surface area contributed by atoms with E-state index in [-0.39, 0.29) is 41.5 Å². The Morgan fingerprint density at radius 1 is 0.821 bits per heavy atom. The molecular weight excluding hydrogens is 754 g/mol. The molecule has 4 aromatic carbocycles. The minimum Gasteiger partial charge on any atom is -0.508 e. The summed E-state index contributed by atoms with van der Waals surface area (Å²) in [5.74, 6) is -5.78. The van der Waals surface area contributed by atoms with Crippen molar-refractivity contribution in [2.75, 3.05) is 18.5 Å². The molecule has 0 radical (unpaired) electrons. The maximum atomic E-state index is 15.3. The minimum absolute atomic E-state index is 0.0728. The number of nitrogens with one attached hydrogen (secondary N) is 1. The van der Waals surface area contributed by atoms with Crippen molar-refractivity contribution in [3.05, 3.63) is 141 Å². The van der Waals surface area contributed by atoms with Crippen LogP contribution in [0, 0.1) is 29.5 Å². The third kappa shape index (κ3) is 5.83. The predicted molar refractivity (Wildman–Crippen MR) is 209 cm³/mol. The maximum absolute atomic E-state index is 15.3. The molecule has 6 atom stereocenters. The standard InChI is InChI=1S/C44H39Cl2FN4O5/c45-27-8-6-26(7-9-27)44-36(41(54)51(43(44)56)48-29-12-10-28(47)11-13-29)23-35-32(39(44)33-15-14-31(52)22-37(33)46)16-17-34-38(35)42(55)50(40(34)53)30-18-20-49(21-19-30)24-25-4-2-1-3-5-25/h1-16,22,30,34-36,38-39,48,52H,17-21,23-24H2/t34-,35+,36-,38-,39+,44+/m0/s1. The van der Waals surface area contributed by atoms with Crippen LogP contribution in [0.3, 0.4) is 0 Å². The molecule has 1 saturated carbocycles. The van der Waals surface area contributed by atoms with Crippen LogP contribution in [0.4, 0.5) is 10.1 Å². The van der Waals surface area contributed by atoms with Gasteiger partial charge in [0.05, 0.1) is 28.9 Å². The van der Waals surface area contributed by atoms with Gasteiger partial charge >= 0.3 is 0 Å². The first-order valence-electron chi connectivity index (χ1n) is 19.0. The number of halogens is 3. The van der Waals surface area contributed by atoms with E-state index in [4.69, 9.17) is 23.2 Å². The molecule has 9 rings (SSSR count). The molecule has 2 aliphatic carbocycles. The monoisotopic (exact) mass is 792 g/mol. The van der Waals surface area contributed by atoms with Gasteiger partial charge in [-0.05, 0) is 96.8 Å². The number of hydrogen-bond donors (Lipinski definition) is 2. The lowest BCUT2D eigenvalue weighted by molar-refractivity contribution is -0.144. The van der Waals surface area contributed by atoms with Crippen molar-refractivity contribution >= 4 is 52.5 Å². The number of amides is 4. The van der Waals surface area contributed by atoms with Crippen molar-refractivity contribution in [2.45, 2.75) is 49.6 Å². The number of carbonyl (C=O) groups is 4. The molecule has 3 heterocycles. The third-order valence-electron chi connectivity index (χ3n) is 12.8. The molecule has 5 aliphatic rings. The van der Waals surface area contributed by atoms with Crippen LogP contribution >= 0.6 is 23.2 Å². The summed E-state index contributed by atoms with van der Waals surface area (Å²) in [6.45, 7) is 2.30. The zero-order valence-electron chi connectivity index (χ0n) is 30.3. The van der Waals surface area contributed by atoms with E-state index in [1.807, 2.05) is 24.3 Å². The number of hydrogen-bond acceptors (Lipinski definition) is 7. The van der Waals surface area contributed by atoms with Crippen molar-refractivity contribution < 1.29 is 28.7 Å². The highest BCUT2D eigenvalue weighted by molar-refractivity contribution is 6.32. The average Bonchev–Trinajstić information content (AvgIpc) is 3.57. The lowest BCUT2D eigenvalue weighted by Crippen LogP contribution is -2.53. The van der Waals surface area contributed by atoms with Crippen molar-refractivity contribution in [2.24, 2.45) is 23.7 Å². The number of phenols is 1. The number of rotatable bonds is 7. The van der Waals surface area contributed by atoms with Gasteiger partial charge in [-0.25, -0.2) is 4.39 Å². The molecule has 0 aromatic heterocycles. The molecule has 286 valence electrons. The van der Waals surface area contributed by atoms with Crippen LogP contribution in [0.25, 0.3) is 0 Å². The fraction of sp³-hybridized carbons (Fsp3) is 0.318. The number of carbonyl (C=O) groups excluding carboxylic acids is 4. The normalized spacial score (nSPS) is 27.9. The summed E-state index contributed by atoms with van der Waals surface area (Å²) in [7, 11) is 0. The Hall–Kier alpha value is -5.03. The summed E-state index contributed by atoms with van der Waals surface area (Å²) in [6, 6.07) is 26.7. The number of phenolic OH excluding ortho intramolecular Hbond substituents is 1. The predicted octanol–water partition coefficient (Wildman–Crippen LogP) is 7.49. The fourth-order valence-corrected chi connectivity index (χ4v) is 10.7. The van der Waals surface area contributed by atoms with Gasteiger partial charge in [-0.3, -0.25) is 34.4 Å². The summed E-state index contributed by atoms with van der Waals surface area (Å²) in [6.07, 6.45) is 3.73. The third-order valence-corrected chi connectivity index (χ3v) is 13.3. The highest BCUT2D eigenvalue weighted by atomic mass is 35.5. The van der Waals surface area contributed by atoms with Gasteiger partial charge in [0.1, 0.15) is 11.6 Å². The average molecular weight is 794 g/mol. The minimum atomic E-state index is -1.57. The molecule has 12 heteroatoms. The van der Waals surface area contributed by atoms with Gasteiger partial charge in [0.15, 0.2) is 0 Å². The van der Waals surface area contributed by atoms with Gasteiger partial charge in [0, 0.05) is 41.6 Å². The summed E-state index contributed by atoms with van der Waals surface area (Å²) >= 11 is 13.4. The highest BCUT2D eigenvalue weighted by Crippen LogP contribution is 2.65. The van der Waals surface area contributed by atoms with E-state index >= 15 is 4.79 Å². The Morgan fingerprint density at radius 3 is 2.23 bits per heavy atom. The molecular formula is C44H39Cl2FN4O5. The zero-order chi connectivity index (χ0) is 38.9. The van der Waals surface area contributed by atoms with Gasteiger partial charge in [-0.2, -0.15) is 5.01 Å². The molecule has 56 heavy (non-hydrogen) atoms. The van der Waals surface area contributed by atoms with Crippen LogP contribution in [-0.2, 0) is 31.1 Å². The summed E-state index contributed by atoms with van der Waals surface area (Å²) < 4.78 is 13.9. The molecule has 4 amide bonds. The molecule has 4 aromatic rings. The smallest absolute Gasteiger partial charge is 0.260 e. The van der Waals surface area contributed by atoms with E-state index < -0.39 is 52.6 Å². The van der Waals surface area contributed by atoms with Crippen molar-refractivity contribution in [1.29, 1.82) is 0 Å². The number of piperidine rings is 1. The topological polar surface area (TPSA) is 110 Å². The van der Waals surface area contributed by atoms with Gasteiger partial charge in [-0.15, -0.1) is 0 Å². The molecule has 3 saturated heterocycles. The van der Waals surface area contributed by atoms with Crippen LogP contribution in [0.2, 0.25) is 10.0 Å². The second-order valence-electron chi connectivity index (χ2n) is 15.6. The zero-order valence-corrected chi connectivity index (χ0v) is 31.8. The lowest BCUT2D eigenvalue weighted by Gasteiger charge is -2.50. The molecule has 0 spiro atoms. The molecule has 9 nitrogen and oxygen atoms in total. The largest absolute Gasteiger partial charge is 0.508 e. The van der Waals surface area contributed by atoms with Crippen LogP contribution in [-0.4, -0.2) is 62.7 Å². The van der Waals surface area contributed by atoms with Crippen LogP contribution < -0.4 is 5.43 Å². The van der Waals surface area contributed by atoms with E-state index in [1.165, 1.54) is 46.9 Å². The highest BCUT2D eigenvalue weighted by Gasteiger charge is 2.70. The Bertz CT molecular complexity index is 2260.